The molecule has 0 bridgehead atoms. The van der Waals surface area contributed by atoms with Gasteiger partial charge in [-0.05, 0) is 51.7 Å². The largest absolute Gasteiger partial charge is 0.338 e. The van der Waals surface area contributed by atoms with E-state index >= 15 is 0 Å². The molecule has 28 heavy (non-hydrogen) atoms. The molecule has 0 spiro atoms. The minimum Gasteiger partial charge on any atom is -0.338 e. The number of carbonyl (C=O) groups excluding carboxylic acids is 1. The van der Waals surface area contributed by atoms with Gasteiger partial charge in [0.05, 0.1) is 28.5 Å². The minimum absolute atomic E-state index is 0.0995. The summed E-state index contributed by atoms with van der Waals surface area (Å²) >= 11 is 0. The van der Waals surface area contributed by atoms with Crippen LogP contribution in [0.1, 0.15) is 50.9 Å². The van der Waals surface area contributed by atoms with Crippen LogP contribution in [0.3, 0.4) is 0 Å². The number of carbonyl (C=O) groups is 1. The van der Waals surface area contributed by atoms with E-state index in [4.69, 9.17) is 4.98 Å². The highest BCUT2D eigenvalue weighted by atomic mass is 16.2. The van der Waals surface area contributed by atoms with Crippen molar-refractivity contribution in [3.05, 3.63) is 48.3 Å². The smallest absolute Gasteiger partial charge is 0.254 e. The molecule has 1 aliphatic rings. The van der Waals surface area contributed by atoms with Crippen molar-refractivity contribution < 1.29 is 4.79 Å². The number of nitrogens with zero attached hydrogens (tertiary/aromatic N) is 4. The third-order valence-electron chi connectivity index (χ3n) is 5.46. The average molecular weight is 377 g/mol. The van der Waals surface area contributed by atoms with Crippen LogP contribution in [0.2, 0.25) is 0 Å². The van der Waals surface area contributed by atoms with Gasteiger partial charge in [0, 0.05) is 30.2 Å². The lowest BCUT2D eigenvalue weighted by molar-refractivity contribution is 0.0685. The minimum atomic E-state index is -0.0995. The zero-order chi connectivity index (χ0) is 19.9. The van der Waals surface area contributed by atoms with Crippen LogP contribution in [0.4, 0.5) is 0 Å². The number of fused-ring (bicyclic) bond motifs is 1. The van der Waals surface area contributed by atoms with Crippen molar-refractivity contribution in [3.8, 4) is 11.3 Å². The van der Waals surface area contributed by atoms with Gasteiger partial charge in [-0.1, -0.05) is 25.1 Å². The molecule has 0 saturated carbocycles. The number of amides is 1. The molecule has 1 aromatic carbocycles. The van der Waals surface area contributed by atoms with Crippen LogP contribution in [0.25, 0.3) is 22.2 Å². The summed E-state index contributed by atoms with van der Waals surface area (Å²) < 4.78 is 1.94. The number of pyridine rings is 1. The number of hydrogen-bond acceptors (Lipinski definition) is 3. The molecule has 4 rings (SSSR count). The molecule has 1 amide bonds. The highest BCUT2D eigenvalue weighted by Gasteiger charge is 2.24. The van der Waals surface area contributed by atoms with E-state index in [-0.39, 0.29) is 11.4 Å². The molecule has 1 aliphatic heterocycles. The third kappa shape index (κ3) is 3.53. The molecule has 1 saturated heterocycles. The van der Waals surface area contributed by atoms with Gasteiger partial charge in [-0.2, -0.15) is 5.10 Å². The van der Waals surface area contributed by atoms with Gasteiger partial charge in [0.25, 0.3) is 5.91 Å². The van der Waals surface area contributed by atoms with Crippen LogP contribution < -0.4 is 0 Å². The first kappa shape index (κ1) is 18.7. The van der Waals surface area contributed by atoms with Crippen LogP contribution >= 0.6 is 0 Å². The van der Waals surface area contributed by atoms with E-state index in [1.807, 2.05) is 52.3 Å². The van der Waals surface area contributed by atoms with E-state index in [9.17, 15) is 4.79 Å². The van der Waals surface area contributed by atoms with E-state index in [1.165, 1.54) is 6.42 Å². The summed E-state index contributed by atoms with van der Waals surface area (Å²) in [5.74, 6) is 0.657. The number of likely N-dealkylation sites (tertiary alicyclic amines) is 1. The Morgan fingerprint density at radius 2 is 2.00 bits per heavy atom. The molecule has 3 aromatic rings. The standard InChI is InChI=1S/C23H28N4O/c1-16-8-7-11-26(14-16)22(28)19-12-21(25-20-10-6-5-9-18(19)20)17-13-24-27(15-17)23(2,3)4/h5-6,9-10,12-13,15-16H,7-8,11,14H2,1-4H3. The van der Waals surface area contributed by atoms with E-state index in [0.29, 0.717) is 5.92 Å². The van der Waals surface area contributed by atoms with E-state index < -0.39 is 0 Å². The fraction of sp³-hybridized carbons (Fsp3) is 0.435. The van der Waals surface area contributed by atoms with Crippen molar-refractivity contribution in [2.24, 2.45) is 5.92 Å². The molecule has 1 atom stereocenters. The number of hydrogen-bond donors (Lipinski definition) is 0. The summed E-state index contributed by atoms with van der Waals surface area (Å²) in [5.41, 5.74) is 3.21. The number of aromatic nitrogens is 3. The molecule has 3 heterocycles. The Morgan fingerprint density at radius 3 is 2.71 bits per heavy atom. The van der Waals surface area contributed by atoms with Crippen molar-refractivity contribution in [3.63, 3.8) is 0 Å². The van der Waals surface area contributed by atoms with Crippen molar-refractivity contribution in [2.75, 3.05) is 13.1 Å². The van der Waals surface area contributed by atoms with Gasteiger partial charge >= 0.3 is 0 Å². The predicted molar refractivity (Wildman–Crippen MR) is 112 cm³/mol. The Bertz CT molecular complexity index is 1010. The van der Waals surface area contributed by atoms with Crippen LogP contribution in [-0.4, -0.2) is 38.7 Å². The summed E-state index contributed by atoms with van der Waals surface area (Å²) in [5, 5.41) is 5.41. The molecular weight excluding hydrogens is 348 g/mol. The van der Waals surface area contributed by atoms with E-state index in [1.54, 1.807) is 0 Å². The fourth-order valence-corrected chi connectivity index (χ4v) is 3.87. The second-order valence-corrected chi connectivity index (χ2v) is 8.92. The molecule has 2 aromatic heterocycles. The molecule has 0 N–H and O–H groups in total. The lowest BCUT2D eigenvalue weighted by Gasteiger charge is -2.31. The monoisotopic (exact) mass is 376 g/mol. The van der Waals surface area contributed by atoms with Crippen molar-refractivity contribution in [1.82, 2.24) is 19.7 Å². The van der Waals surface area contributed by atoms with E-state index in [0.717, 1.165) is 47.2 Å². The Balaban J connectivity index is 1.80. The fourth-order valence-electron chi connectivity index (χ4n) is 3.87. The maximum atomic E-state index is 13.4. The maximum absolute atomic E-state index is 13.4. The molecule has 0 aliphatic carbocycles. The van der Waals surface area contributed by atoms with Crippen LogP contribution in [-0.2, 0) is 5.54 Å². The lowest BCUT2D eigenvalue weighted by atomic mass is 9.98. The normalized spacial score (nSPS) is 17.9. The SMILES string of the molecule is CC1CCCN(C(=O)c2cc(-c3cnn(C(C)(C)C)c3)nc3ccccc23)C1. The topological polar surface area (TPSA) is 51.0 Å². The highest BCUT2D eigenvalue weighted by molar-refractivity contribution is 6.07. The molecule has 5 nitrogen and oxygen atoms in total. The average Bonchev–Trinajstić information content (AvgIpc) is 3.17. The van der Waals surface area contributed by atoms with Gasteiger partial charge in [-0.15, -0.1) is 0 Å². The third-order valence-corrected chi connectivity index (χ3v) is 5.46. The zero-order valence-electron chi connectivity index (χ0n) is 17.1. The summed E-state index contributed by atoms with van der Waals surface area (Å²) in [6.07, 6.45) is 6.10. The van der Waals surface area contributed by atoms with Gasteiger partial charge < -0.3 is 4.90 Å². The van der Waals surface area contributed by atoms with Gasteiger partial charge in [-0.25, -0.2) is 4.98 Å². The Labute approximate surface area is 166 Å². The van der Waals surface area contributed by atoms with Crippen molar-refractivity contribution >= 4 is 16.8 Å². The first-order valence-electron chi connectivity index (χ1n) is 10.1. The summed E-state index contributed by atoms with van der Waals surface area (Å²) in [7, 11) is 0. The first-order chi connectivity index (χ1) is 13.3. The number of para-hydroxylation sites is 1. The Hall–Kier alpha value is -2.69. The van der Waals surface area contributed by atoms with Crippen LogP contribution in [0.5, 0.6) is 0 Å². The van der Waals surface area contributed by atoms with Crippen LogP contribution in [0.15, 0.2) is 42.7 Å². The first-order valence-corrected chi connectivity index (χ1v) is 10.1. The summed E-state index contributed by atoms with van der Waals surface area (Å²) in [6.45, 7) is 10.2. The van der Waals surface area contributed by atoms with Crippen molar-refractivity contribution in [1.29, 1.82) is 0 Å². The molecule has 1 fully saturated rings. The number of piperidine rings is 1. The van der Waals surface area contributed by atoms with Crippen LogP contribution in [0, 0.1) is 5.92 Å². The van der Waals surface area contributed by atoms with Crippen molar-refractivity contribution in [2.45, 2.75) is 46.1 Å². The Kier molecular flexibility index (Phi) is 4.69. The van der Waals surface area contributed by atoms with E-state index in [2.05, 4.69) is 32.8 Å². The summed E-state index contributed by atoms with van der Waals surface area (Å²) in [6, 6.07) is 9.84. The maximum Gasteiger partial charge on any atom is 0.254 e. The van der Waals surface area contributed by atoms with Gasteiger partial charge in [-0.3, -0.25) is 9.48 Å². The van der Waals surface area contributed by atoms with Gasteiger partial charge in [0.1, 0.15) is 0 Å². The quantitative estimate of drug-likeness (QED) is 0.650. The second kappa shape index (κ2) is 7.04. The number of benzene rings is 1. The second-order valence-electron chi connectivity index (χ2n) is 8.92. The molecule has 0 radical (unpaired) electrons. The number of rotatable bonds is 2. The lowest BCUT2D eigenvalue weighted by Crippen LogP contribution is -2.39. The Morgan fingerprint density at radius 1 is 1.21 bits per heavy atom. The molecule has 146 valence electrons. The zero-order valence-corrected chi connectivity index (χ0v) is 17.1. The molecule has 5 heteroatoms. The van der Waals surface area contributed by atoms with Gasteiger partial charge in [0.15, 0.2) is 0 Å². The summed E-state index contributed by atoms with van der Waals surface area (Å²) in [4.78, 5) is 20.2. The van der Waals surface area contributed by atoms with Gasteiger partial charge in [0.2, 0.25) is 0 Å². The molecule has 1 unspecified atom stereocenters. The highest BCUT2D eigenvalue weighted by Crippen LogP contribution is 2.28. The molecular formula is C23H28N4O. The predicted octanol–water partition coefficient (Wildman–Crippen LogP) is 4.73.